The molecule has 0 unspecified atom stereocenters. The summed E-state index contributed by atoms with van der Waals surface area (Å²) in [7, 11) is 0. The van der Waals surface area contributed by atoms with Gasteiger partial charge in [-0.3, -0.25) is 0 Å². The van der Waals surface area contributed by atoms with E-state index in [4.69, 9.17) is 9.47 Å². The van der Waals surface area contributed by atoms with Crippen LogP contribution in [0.4, 0.5) is 19.1 Å². The summed E-state index contributed by atoms with van der Waals surface area (Å²) in [5, 5.41) is 24.1. The highest BCUT2D eigenvalue weighted by molar-refractivity contribution is 5.83. The number of aliphatic hydroxyl groups is 2. The van der Waals surface area contributed by atoms with Crippen molar-refractivity contribution in [3.05, 3.63) is 35.5 Å². The fraction of sp³-hybridized carbons (Fsp3) is 0.542. The predicted octanol–water partition coefficient (Wildman–Crippen LogP) is 3.66. The van der Waals surface area contributed by atoms with E-state index in [0.29, 0.717) is 18.5 Å². The van der Waals surface area contributed by atoms with E-state index in [1.54, 1.807) is 18.4 Å². The largest absolute Gasteiger partial charge is 0.386 e. The highest BCUT2D eigenvalue weighted by Gasteiger charge is 2.43. The topological polar surface area (TPSA) is 115 Å². The second-order valence-electron chi connectivity index (χ2n) is 10.0. The van der Waals surface area contributed by atoms with E-state index in [9.17, 15) is 19.0 Å². The summed E-state index contributed by atoms with van der Waals surface area (Å²) in [6.07, 6.45) is -3.48. The molecular formula is C24H28F3N5O4. The zero-order chi connectivity index (χ0) is 25.9. The summed E-state index contributed by atoms with van der Waals surface area (Å²) < 4.78 is 55.7. The maximum absolute atomic E-state index is 15.3. The van der Waals surface area contributed by atoms with Crippen molar-refractivity contribution in [1.82, 2.24) is 19.5 Å². The van der Waals surface area contributed by atoms with E-state index < -0.39 is 41.8 Å². The maximum atomic E-state index is 15.3. The SMILES string of the molecule is CC(C)n1c(C(C)(C)O)nc2c(F)cc(-c3nc(N[C@@H]4C[C@H]5CO[C@H](O5)[C@H]4O)ncc3C(F)F)cc21. The third kappa shape index (κ3) is 4.32. The van der Waals surface area contributed by atoms with Gasteiger partial charge in [0, 0.05) is 17.8 Å². The maximum Gasteiger partial charge on any atom is 0.267 e. The lowest BCUT2D eigenvalue weighted by Gasteiger charge is -2.32. The van der Waals surface area contributed by atoms with Gasteiger partial charge in [-0.2, -0.15) is 0 Å². The van der Waals surface area contributed by atoms with Gasteiger partial charge in [-0.15, -0.1) is 0 Å². The molecule has 2 bridgehead atoms. The summed E-state index contributed by atoms with van der Waals surface area (Å²) in [4.78, 5) is 12.6. The Balaban J connectivity index is 1.60. The molecule has 0 aliphatic carbocycles. The first kappa shape index (κ1) is 24.9. The van der Waals surface area contributed by atoms with E-state index in [0.717, 1.165) is 12.3 Å². The fourth-order valence-electron chi connectivity index (χ4n) is 4.79. The first-order valence-corrected chi connectivity index (χ1v) is 11.8. The molecule has 2 aromatic heterocycles. The van der Waals surface area contributed by atoms with Crippen LogP contribution in [0.25, 0.3) is 22.3 Å². The molecule has 0 radical (unpaired) electrons. The molecule has 194 valence electrons. The van der Waals surface area contributed by atoms with Gasteiger partial charge in [0.1, 0.15) is 23.0 Å². The van der Waals surface area contributed by atoms with E-state index in [1.165, 1.54) is 6.07 Å². The number of rotatable bonds is 6. The lowest BCUT2D eigenvalue weighted by Crippen LogP contribution is -2.48. The number of nitrogens with one attached hydrogen (secondary N) is 1. The normalized spacial score (nSPS) is 24.3. The summed E-state index contributed by atoms with van der Waals surface area (Å²) in [5.74, 6) is -0.461. The van der Waals surface area contributed by atoms with E-state index in [1.807, 2.05) is 13.8 Å². The molecule has 0 saturated carbocycles. The molecule has 5 rings (SSSR count). The van der Waals surface area contributed by atoms with Crippen molar-refractivity contribution in [2.45, 2.75) is 76.7 Å². The van der Waals surface area contributed by atoms with Gasteiger partial charge in [-0.05, 0) is 46.2 Å². The number of alkyl halides is 2. The Labute approximate surface area is 205 Å². The zero-order valence-electron chi connectivity index (χ0n) is 20.2. The van der Waals surface area contributed by atoms with Crippen LogP contribution in [0.5, 0.6) is 0 Å². The number of halogens is 3. The van der Waals surface area contributed by atoms with Crippen molar-refractivity contribution in [1.29, 1.82) is 0 Å². The van der Waals surface area contributed by atoms with Crippen molar-refractivity contribution in [3.63, 3.8) is 0 Å². The van der Waals surface area contributed by atoms with Crippen LogP contribution in [-0.2, 0) is 15.1 Å². The van der Waals surface area contributed by atoms with E-state index in [2.05, 4.69) is 20.3 Å². The van der Waals surface area contributed by atoms with Crippen LogP contribution in [0.3, 0.4) is 0 Å². The Kier molecular flexibility index (Phi) is 6.18. The summed E-state index contributed by atoms with van der Waals surface area (Å²) in [5.41, 5.74) is -1.49. The minimum atomic E-state index is -2.91. The molecule has 2 aliphatic heterocycles. The van der Waals surface area contributed by atoms with Crippen LogP contribution in [0.2, 0.25) is 0 Å². The zero-order valence-corrected chi connectivity index (χ0v) is 20.2. The smallest absolute Gasteiger partial charge is 0.267 e. The van der Waals surface area contributed by atoms with Crippen LogP contribution in [-0.4, -0.2) is 60.9 Å². The van der Waals surface area contributed by atoms with E-state index in [-0.39, 0.29) is 40.7 Å². The van der Waals surface area contributed by atoms with Gasteiger partial charge in [0.2, 0.25) is 5.95 Å². The highest BCUT2D eigenvalue weighted by atomic mass is 19.3. The lowest BCUT2D eigenvalue weighted by atomic mass is 10.0. The molecule has 0 spiro atoms. The molecule has 2 fully saturated rings. The van der Waals surface area contributed by atoms with Crippen molar-refractivity contribution >= 4 is 17.0 Å². The van der Waals surface area contributed by atoms with Crippen LogP contribution in [0.15, 0.2) is 18.3 Å². The Morgan fingerprint density at radius 3 is 2.64 bits per heavy atom. The second-order valence-corrected chi connectivity index (χ2v) is 10.0. The van der Waals surface area contributed by atoms with Crippen LogP contribution < -0.4 is 5.32 Å². The van der Waals surface area contributed by atoms with Crippen molar-refractivity contribution in [3.8, 4) is 11.3 Å². The summed E-state index contributed by atoms with van der Waals surface area (Å²) in [6, 6.07) is 1.92. The van der Waals surface area contributed by atoms with E-state index >= 15 is 4.39 Å². The minimum absolute atomic E-state index is 0.00908. The minimum Gasteiger partial charge on any atom is -0.386 e. The first-order valence-electron chi connectivity index (χ1n) is 11.8. The molecular weight excluding hydrogens is 479 g/mol. The molecule has 3 aromatic rings. The molecule has 1 aromatic carbocycles. The molecule has 3 N–H and O–H groups in total. The second kappa shape index (κ2) is 8.94. The Morgan fingerprint density at radius 2 is 1.97 bits per heavy atom. The van der Waals surface area contributed by atoms with Gasteiger partial charge < -0.3 is 29.6 Å². The number of ether oxygens (including phenoxy) is 2. The third-order valence-electron chi connectivity index (χ3n) is 6.43. The summed E-state index contributed by atoms with van der Waals surface area (Å²) >= 11 is 0. The third-order valence-corrected chi connectivity index (χ3v) is 6.43. The molecule has 12 heteroatoms. The van der Waals surface area contributed by atoms with Gasteiger partial charge in [0.05, 0.1) is 35.5 Å². The van der Waals surface area contributed by atoms with Gasteiger partial charge in [0.15, 0.2) is 12.1 Å². The average molecular weight is 508 g/mol. The summed E-state index contributed by atoms with van der Waals surface area (Å²) in [6.45, 7) is 7.16. The number of aliphatic hydroxyl groups excluding tert-OH is 1. The first-order chi connectivity index (χ1) is 16.9. The molecule has 4 heterocycles. The monoisotopic (exact) mass is 507 g/mol. The van der Waals surface area contributed by atoms with Gasteiger partial charge >= 0.3 is 0 Å². The quantitative estimate of drug-likeness (QED) is 0.463. The molecule has 9 nitrogen and oxygen atoms in total. The van der Waals surface area contributed by atoms with Crippen molar-refractivity contribution in [2.75, 3.05) is 11.9 Å². The molecule has 4 atom stereocenters. The number of nitrogens with zero attached hydrogens (tertiary/aromatic N) is 4. The van der Waals surface area contributed by atoms with Crippen molar-refractivity contribution in [2.24, 2.45) is 0 Å². The number of aromatic nitrogens is 4. The number of fused-ring (bicyclic) bond motifs is 3. The number of anilines is 1. The Morgan fingerprint density at radius 1 is 1.22 bits per heavy atom. The van der Waals surface area contributed by atoms with Gasteiger partial charge in [0.25, 0.3) is 6.43 Å². The molecule has 0 amide bonds. The molecule has 2 aliphatic rings. The average Bonchev–Trinajstić information content (AvgIpc) is 3.39. The van der Waals surface area contributed by atoms with Crippen LogP contribution in [0.1, 0.15) is 58.0 Å². The van der Waals surface area contributed by atoms with Crippen LogP contribution >= 0.6 is 0 Å². The number of hydrogen-bond donors (Lipinski definition) is 3. The highest BCUT2D eigenvalue weighted by Crippen LogP contribution is 2.36. The molecule has 36 heavy (non-hydrogen) atoms. The lowest BCUT2D eigenvalue weighted by molar-refractivity contribution is -0.156. The van der Waals surface area contributed by atoms with Crippen molar-refractivity contribution < 1.29 is 32.9 Å². The van der Waals surface area contributed by atoms with Gasteiger partial charge in [-0.1, -0.05) is 0 Å². The fourth-order valence-corrected chi connectivity index (χ4v) is 4.79. The van der Waals surface area contributed by atoms with Crippen LogP contribution in [0, 0.1) is 5.82 Å². The number of hydrogen-bond acceptors (Lipinski definition) is 8. The Bertz CT molecular complexity index is 1290. The Hall–Kier alpha value is -2.80. The number of benzene rings is 1. The van der Waals surface area contributed by atoms with Gasteiger partial charge in [-0.25, -0.2) is 28.1 Å². The number of imidazole rings is 1. The molecule has 2 saturated heterocycles. The standard InChI is InChI=1S/C24H28F3N5O4/c1-10(2)32-16-6-11(5-14(25)18(16)30-22(32)24(3,4)34)17-13(20(26)27)8-28-23(31-17)29-15-7-12-9-35-21(36-12)19(15)33/h5-6,8,10,12,15,19-21,33-34H,7,9H2,1-4H3,(H,28,29,31)/t12-,15+,19-,21+/m0/s1. The predicted molar refractivity (Wildman–Crippen MR) is 124 cm³/mol.